The van der Waals surface area contributed by atoms with Crippen LogP contribution in [0.2, 0.25) is 5.02 Å². The number of likely N-dealkylation sites (tertiary alicyclic amines) is 1. The number of allylic oxidation sites excluding steroid dienone is 1. The number of hydrogen-bond donors (Lipinski definition) is 3. The molecule has 5 heterocycles. The summed E-state index contributed by atoms with van der Waals surface area (Å²) < 4.78 is 0. The number of nitrogens with zero attached hydrogens (tertiary/aromatic N) is 5. The Hall–Kier alpha value is -4.34. The second-order valence-electron chi connectivity index (χ2n) is 10.9. The van der Waals surface area contributed by atoms with Crippen LogP contribution < -0.4 is 10.7 Å². The minimum absolute atomic E-state index is 0.0300. The molecular formula is C31H29ClN8O. The highest BCUT2D eigenvalue weighted by molar-refractivity contribution is 6.31. The van der Waals surface area contributed by atoms with E-state index in [4.69, 9.17) is 16.6 Å². The summed E-state index contributed by atoms with van der Waals surface area (Å²) in [5, 5.41) is 8.38. The predicted molar refractivity (Wildman–Crippen MR) is 163 cm³/mol. The third-order valence-corrected chi connectivity index (χ3v) is 8.33. The van der Waals surface area contributed by atoms with Gasteiger partial charge >= 0.3 is 0 Å². The maximum Gasteiger partial charge on any atom is 0.227 e. The summed E-state index contributed by atoms with van der Waals surface area (Å²) in [6, 6.07) is 15.8. The molecule has 0 spiro atoms. The van der Waals surface area contributed by atoms with Crippen molar-refractivity contribution in [2.24, 2.45) is 21.9 Å². The highest BCUT2D eigenvalue weighted by Crippen LogP contribution is 2.34. The first-order chi connectivity index (χ1) is 20.0. The molecule has 9 nitrogen and oxygen atoms in total. The first-order valence-corrected chi connectivity index (χ1v) is 14.2. The lowest BCUT2D eigenvalue weighted by molar-refractivity contribution is -0.121. The van der Waals surface area contributed by atoms with Gasteiger partial charge in [-0.3, -0.25) is 15.2 Å². The first kappa shape index (κ1) is 25.6. The molecule has 1 fully saturated rings. The molecule has 2 aromatic heterocycles. The van der Waals surface area contributed by atoms with E-state index in [-0.39, 0.29) is 17.7 Å². The summed E-state index contributed by atoms with van der Waals surface area (Å²) >= 11 is 6.27. The summed E-state index contributed by atoms with van der Waals surface area (Å²) in [6.45, 7) is 1.88. The van der Waals surface area contributed by atoms with Gasteiger partial charge in [0.25, 0.3) is 0 Å². The number of aromatic nitrogens is 3. The molecule has 3 aliphatic rings. The number of H-pyrrole nitrogens is 1. The molecule has 0 aliphatic carbocycles. The van der Waals surface area contributed by atoms with Crippen LogP contribution in [0.25, 0.3) is 27.7 Å². The normalized spacial score (nSPS) is 19.3. The Morgan fingerprint density at radius 3 is 2.78 bits per heavy atom. The van der Waals surface area contributed by atoms with Crippen molar-refractivity contribution in [2.75, 3.05) is 25.5 Å². The van der Waals surface area contributed by atoms with E-state index in [1.165, 1.54) is 0 Å². The van der Waals surface area contributed by atoms with Gasteiger partial charge in [0.2, 0.25) is 5.91 Å². The van der Waals surface area contributed by atoms with E-state index in [0.717, 1.165) is 70.8 Å². The fraction of sp³-hybridized carbons (Fsp3) is 0.258. The van der Waals surface area contributed by atoms with E-state index < -0.39 is 0 Å². The van der Waals surface area contributed by atoms with Gasteiger partial charge in [-0.15, -0.1) is 0 Å². The number of hydrazone groups is 1. The van der Waals surface area contributed by atoms with E-state index in [0.29, 0.717) is 23.0 Å². The number of carbonyl (C=O) groups excluding carboxylic acids is 1. The van der Waals surface area contributed by atoms with Crippen LogP contribution in [0.1, 0.15) is 30.7 Å². The lowest BCUT2D eigenvalue weighted by Gasteiger charge is -2.28. The number of para-hydroxylation sites is 1. The second-order valence-corrected chi connectivity index (χ2v) is 11.3. The van der Waals surface area contributed by atoms with Crippen LogP contribution in [0, 0.1) is 11.8 Å². The molecule has 4 aromatic rings. The number of carbonyl (C=O) groups is 1. The number of imidazole rings is 1. The van der Waals surface area contributed by atoms with Crippen LogP contribution >= 0.6 is 11.6 Å². The van der Waals surface area contributed by atoms with Gasteiger partial charge in [-0.2, -0.15) is 5.10 Å². The summed E-state index contributed by atoms with van der Waals surface area (Å²) in [5.41, 5.74) is 10.3. The molecule has 0 saturated carbocycles. The number of amides is 1. The molecule has 2 aromatic carbocycles. The van der Waals surface area contributed by atoms with Crippen LogP contribution in [-0.4, -0.2) is 57.4 Å². The molecule has 7 rings (SSSR count). The van der Waals surface area contributed by atoms with E-state index in [9.17, 15) is 4.79 Å². The molecule has 1 amide bonds. The molecule has 10 heteroatoms. The average molecular weight is 565 g/mol. The fourth-order valence-electron chi connectivity index (χ4n) is 5.79. The lowest BCUT2D eigenvalue weighted by atomic mass is 9.89. The number of aliphatic imine (C=N–C) groups is 1. The summed E-state index contributed by atoms with van der Waals surface area (Å²) in [5.74, 6) is 1.51. The van der Waals surface area contributed by atoms with Gasteiger partial charge in [-0.25, -0.2) is 9.98 Å². The Kier molecular flexibility index (Phi) is 6.60. The highest BCUT2D eigenvalue weighted by Gasteiger charge is 2.34. The van der Waals surface area contributed by atoms with E-state index >= 15 is 0 Å². The highest BCUT2D eigenvalue weighted by atomic mass is 35.5. The van der Waals surface area contributed by atoms with Crippen molar-refractivity contribution in [3.05, 3.63) is 83.5 Å². The quantitative estimate of drug-likeness (QED) is 0.304. The predicted octanol–water partition coefficient (Wildman–Crippen LogP) is 5.33. The third kappa shape index (κ3) is 5.03. The number of fused-ring (bicyclic) bond motifs is 2. The first-order valence-electron chi connectivity index (χ1n) is 13.8. The Morgan fingerprint density at radius 1 is 1.07 bits per heavy atom. The van der Waals surface area contributed by atoms with Crippen molar-refractivity contribution in [2.45, 2.75) is 19.3 Å². The minimum Gasteiger partial charge on any atom is -0.337 e. The Bertz CT molecular complexity index is 1750. The molecule has 0 bridgehead atoms. The number of nitrogens with one attached hydrogen (secondary N) is 3. The van der Waals surface area contributed by atoms with Crippen molar-refractivity contribution in [3.8, 4) is 11.1 Å². The van der Waals surface area contributed by atoms with Gasteiger partial charge in [0, 0.05) is 28.9 Å². The van der Waals surface area contributed by atoms with E-state index in [2.05, 4.69) is 42.8 Å². The van der Waals surface area contributed by atoms with E-state index in [1.807, 2.05) is 60.9 Å². The third-order valence-electron chi connectivity index (χ3n) is 8.09. The van der Waals surface area contributed by atoms with Crippen molar-refractivity contribution in [3.63, 3.8) is 0 Å². The Morgan fingerprint density at radius 2 is 1.93 bits per heavy atom. The molecule has 1 atom stereocenters. The van der Waals surface area contributed by atoms with Crippen LogP contribution in [-0.2, 0) is 4.79 Å². The SMILES string of the molecule is CN1CCC(C(=O)Nc2cncc(C3=CN=C4NN=C(c5nc6c(-c7cccc(Cl)c7)cccc6[nH]5)C4C3)c2)CC1. The van der Waals surface area contributed by atoms with E-state index in [1.54, 1.807) is 6.20 Å². The number of hydrogen-bond acceptors (Lipinski definition) is 7. The fourth-order valence-corrected chi connectivity index (χ4v) is 5.98. The number of rotatable bonds is 5. The number of halogens is 1. The maximum absolute atomic E-state index is 12.9. The second kappa shape index (κ2) is 10.6. The zero-order chi connectivity index (χ0) is 27.9. The molecule has 1 saturated heterocycles. The summed E-state index contributed by atoms with van der Waals surface area (Å²) in [7, 11) is 2.09. The van der Waals surface area contributed by atoms with Crippen LogP contribution in [0.3, 0.4) is 0 Å². The van der Waals surface area contributed by atoms with Gasteiger partial charge in [-0.1, -0.05) is 35.9 Å². The molecule has 3 aliphatic heterocycles. The Balaban J connectivity index is 1.11. The largest absolute Gasteiger partial charge is 0.337 e. The smallest absolute Gasteiger partial charge is 0.227 e. The van der Waals surface area contributed by atoms with Gasteiger partial charge in [0.15, 0.2) is 5.82 Å². The van der Waals surface area contributed by atoms with Gasteiger partial charge < -0.3 is 15.2 Å². The van der Waals surface area contributed by atoms with Gasteiger partial charge in [0.05, 0.1) is 28.8 Å². The van der Waals surface area contributed by atoms with Gasteiger partial charge in [0.1, 0.15) is 11.5 Å². The van der Waals surface area contributed by atoms with Crippen molar-refractivity contribution in [1.29, 1.82) is 0 Å². The maximum atomic E-state index is 12.9. The number of anilines is 1. The zero-order valence-corrected chi connectivity index (χ0v) is 23.3. The topological polar surface area (TPSA) is 111 Å². The molecule has 3 N–H and O–H groups in total. The molecule has 41 heavy (non-hydrogen) atoms. The monoisotopic (exact) mass is 564 g/mol. The number of benzene rings is 2. The molecule has 0 radical (unpaired) electrons. The summed E-state index contributed by atoms with van der Waals surface area (Å²) in [6.07, 6.45) is 7.79. The number of amidine groups is 1. The molecule has 1 unspecified atom stereocenters. The lowest BCUT2D eigenvalue weighted by Crippen LogP contribution is -2.35. The van der Waals surface area contributed by atoms with Crippen molar-refractivity contribution < 1.29 is 4.79 Å². The number of piperidine rings is 1. The molecule has 206 valence electrons. The minimum atomic E-state index is -0.0809. The Labute approximate surface area is 242 Å². The average Bonchev–Trinajstić information content (AvgIpc) is 3.61. The number of pyridine rings is 1. The van der Waals surface area contributed by atoms with Crippen LogP contribution in [0.5, 0.6) is 0 Å². The van der Waals surface area contributed by atoms with Crippen molar-refractivity contribution >= 4 is 51.3 Å². The zero-order valence-electron chi connectivity index (χ0n) is 22.6. The summed E-state index contributed by atoms with van der Waals surface area (Å²) in [4.78, 5) is 32.7. The standard InChI is InChI=1S/C31H29ClN8O/c1-40-10-8-18(9-11-40)31(41)35-23-13-20(15-33-17-23)21-14-25-28(38-39-29(25)34-16-21)30-36-26-7-3-6-24(27(26)37-30)19-4-2-5-22(32)12-19/h2-7,12-13,15-18,25H,8-11,14H2,1H3,(H,34,39)(H,35,41)(H,36,37). The van der Waals surface area contributed by atoms with Crippen molar-refractivity contribution in [1.82, 2.24) is 25.3 Å². The number of aromatic amines is 1. The van der Waals surface area contributed by atoms with Crippen LogP contribution in [0.4, 0.5) is 5.69 Å². The van der Waals surface area contributed by atoms with Crippen LogP contribution in [0.15, 0.2) is 77.2 Å². The molecular weight excluding hydrogens is 536 g/mol. The van der Waals surface area contributed by atoms with Gasteiger partial charge in [-0.05, 0) is 80.4 Å².